The van der Waals surface area contributed by atoms with E-state index in [1.807, 2.05) is 103 Å². The number of thiazole rings is 4. The van der Waals surface area contributed by atoms with Gasteiger partial charge in [-0.3, -0.25) is 53.0 Å². The van der Waals surface area contributed by atoms with Gasteiger partial charge in [0.05, 0.1) is 27.9 Å². The molecule has 0 unspecified atom stereocenters. The first kappa shape index (κ1) is 104. The van der Waals surface area contributed by atoms with E-state index in [9.17, 15) is 27.6 Å². The van der Waals surface area contributed by atoms with Gasteiger partial charge in [-0.15, -0.1) is 22.7 Å². The highest BCUT2D eigenvalue weighted by atomic mass is 32.2. The average Bonchev–Trinajstić information content (AvgIpc) is 1.77. The fraction of sp³-hybridized carbons (Fsp3) is 0.345. The van der Waals surface area contributed by atoms with Crippen LogP contribution >= 0.6 is 45.3 Å². The molecule has 15 aromatic rings. The smallest absolute Gasteiger partial charge is 0.223 e. The van der Waals surface area contributed by atoms with Gasteiger partial charge in [0, 0.05) is 181 Å². The number of hydrogen-bond donors (Lipinski definition) is 4. The SMILES string of the molecule is CC(=O)Nc1ncc(-c2ccc(CN3CCC[C@@H]3c3ccc4c(c3)OCCO4)cc2)s1.CC(=O)Nc1ncc(-c2ccc(CN3CCC[C@H]3c3ccc4c(c3)OCCO4)cc2)s1.CC(=O)Nc1ncc([C@@H]2CCCN2Cc2ccc(-c3cnn(C)c3)cc2)s1.CC(=O)Nc1ncc([C@H]2CCCN2Cc2ccc(-c3cnn(C)c3)cc2)s1.CCS(=O)(=O)c1cnc(-c2ccc(CN3CCC[C@@H]3c3ccc4c(c3)OCCO4)cc2)nc1. The highest BCUT2D eigenvalue weighted by molar-refractivity contribution is 7.91. The Bertz CT molecular complexity index is 6890. The number of nitrogens with zero attached hydrogens (tertiary/aromatic N) is 15. The first-order valence-corrected chi connectivity index (χ1v) is 55.7. The number of fused-ring (bicyclic) bond motifs is 3. The van der Waals surface area contributed by atoms with Crippen molar-refractivity contribution in [1.29, 1.82) is 0 Å². The van der Waals surface area contributed by atoms with E-state index in [4.69, 9.17) is 28.4 Å². The Hall–Kier alpha value is -13.8. The number of anilines is 4. The largest absolute Gasteiger partial charge is 0.486 e. The molecular formula is C113H123N19O12S5. The molecule has 5 fully saturated rings. The fourth-order valence-corrected chi connectivity index (χ4v) is 24.8. The summed E-state index contributed by atoms with van der Waals surface area (Å²) in [5.74, 6) is 5.29. The Kier molecular flexibility index (Phi) is 33.9. The average molecular weight is 2100 g/mol. The number of likely N-dealkylation sites (tertiary alicyclic amines) is 5. The van der Waals surface area contributed by atoms with Crippen molar-refractivity contribution in [3.05, 3.63) is 292 Å². The second kappa shape index (κ2) is 48.7. The first-order chi connectivity index (χ1) is 72.5. The summed E-state index contributed by atoms with van der Waals surface area (Å²) < 4.78 is 61.9. The van der Waals surface area contributed by atoms with Gasteiger partial charge in [-0.05, 0) is 200 Å². The summed E-state index contributed by atoms with van der Waals surface area (Å²) in [7, 11) is 0.569. The van der Waals surface area contributed by atoms with Crippen LogP contribution in [0.1, 0.15) is 183 Å². The Labute approximate surface area is 884 Å². The van der Waals surface area contributed by atoms with Crippen molar-refractivity contribution in [2.45, 2.75) is 167 Å². The van der Waals surface area contributed by atoms with Crippen LogP contribution in [0.3, 0.4) is 0 Å². The maximum Gasteiger partial charge on any atom is 0.223 e. The number of carbonyl (C=O) groups excluding carboxylic acids is 4. The van der Waals surface area contributed by atoms with E-state index < -0.39 is 9.84 Å². The number of nitrogens with one attached hydrogen (secondary N) is 4. The van der Waals surface area contributed by atoms with Crippen LogP contribution < -0.4 is 49.7 Å². The van der Waals surface area contributed by atoms with Crippen molar-refractivity contribution in [3.8, 4) is 89.0 Å². The second-order valence-corrected chi connectivity index (χ2v) is 44.7. The minimum absolute atomic E-state index is 0.0359. The number of carbonyl (C=O) groups is 4. The molecule has 31 nitrogen and oxygen atoms in total. The monoisotopic (exact) mass is 2100 g/mol. The van der Waals surface area contributed by atoms with Gasteiger partial charge < -0.3 is 49.7 Å². The highest BCUT2D eigenvalue weighted by Gasteiger charge is 2.35. The zero-order valence-corrected chi connectivity index (χ0v) is 88.7. The van der Waals surface area contributed by atoms with Crippen molar-refractivity contribution in [2.75, 3.05) is 99.4 Å². The van der Waals surface area contributed by atoms with E-state index in [0.717, 1.165) is 176 Å². The van der Waals surface area contributed by atoms with Crippen molar-refractivity contribution < 1.29 is 56.0 Å². The molecule has 0 bridgehead atoms. The van der Waals surface area contributed by atoms with Gasteiger partial charge in [-0.1, -0.05) is 169 Å². The lowest BCUT2D eigenvalue weighted by Gasteiger charge is -2.26. The van der Waals surface area contributed by atoms with Gasteiger partial charge in [0.25, 0.3) is 0 Å². The molecule has 8 aliphatic heterocycles. The van der Waals surface area contributed by atoms with Crippen LogP contribution in [0.25, 0.3) is 54.5 Å². The van der Waals surface area contributed by atoms with E-state index in [1.54, 1.807) is 29.6 Å². The summed E-state index contributed by atoms with van der Waals surface area (Å²) in [6.07, 6.45) is 29.7. The van der Waals surface area contributed by atoms with E-state index in [-0.39, 0.29) is 34.3 Å². The van der Waals surface area contributed by atoms with Gasteiger partial charge in [0.15, 0.2) is 70.7 Å². The molecule has 0 aliphatic carbocycles. The van der Waals surface area contributed by atoms with Crippen LogP contribution in [0.4, 0.5) is 20.5 Å². The first-order valence-electron chi connectivity index (χ1n) is 50.8. The predicted octanol–water partition coefficient (Wildman–Crippen LogP) is 21.5. The minimum atomic E-state index is -3.30. The van der Waals surface area contributed by atoms with Gasteiger partial charge in [-0.25, -0.2) is 38.3 Å². The molecule has 15 heterocycles. The molecule has 7 aromatic heterocycles. The second-order valence-electron chi connectivity index (χ2n) is 38.2. The van der Waals surface area contributed by atoms with Crippen LogP contribution in [0.5, 0.6) is 34.5 Å². The molecule has 0 spiro atoms. The summed E-state index contributed by atoms with van der Waals surface area (Å²) in [6, 6.07) is 63.9. The zero-order valence-electron chi connectivity index (χ0n) is 84.6. The molecule has 4 N–H and O–H groups in total. The quantitative estimate of drug-likeness (QED) is 0.0391. The standard InChI is InChI=1S/C25H27N3O4S.2C24H25N3O3S.2C20H23N5OS/c1-2-33(29,30)21-15-26-25(27-16-21)19-7-5-18(6-8-19)17-28-11-3-4-22(28)20-9-10-23-24(14-20)32-13-12-31-23;2*1-16(28)26-24-25-14-23(31-24)18-6-4-17(5-7-18)15-27-10-2-3-20(27)19-8-9-21-22(13-19)30-12-11-29-21;2*1-14(26)23-20-21-11-19(27-20)18-4-3-9-25(18)12-15-5-7-16(8-6-15)17-10-22-24(2)13-17/h5-10,14-16,22H,2-4,11-13,17H2,1H3;2*4-9,13-14,20H,2-3,10-12,15H2,1H3,(H,25,26,28);2*5-8,10-11,13,18H,3-4,9,12H2,1-2H3,(H,21,23,26)/t22-;2*20-;2*18-/m11010/s1. The van der Waals surface area contributed by atoms with E-state index >= 15 is 0 Å². The molecule has 5 saturated heterocycles. The van der Waals surface area contributed by atoms with Gasteiger partial charge >= 0.3 is 0 Å². The summed E-state index contributed by atoms with van der Waals surface area (Å²) in [5, 5.41) is 22.1. The molecule has 8 aromatic carbocycles. The van der Waals surface area contributed by atoms with Crippen LogP contribution in [0.15, 0.2) is 243 Å². The molecule has 149 heavy (non-hydrogen) atoms. The van der Waals surface area contributed by atoms with Crippen molar-refractivity contribution in [1.82, 2.24) is 74.0 Å². The predicted molar refractivity (Wildman–Crippen MR) is 583 cm³/mol. The molecule has 4 amide bonds. The van der Waals surface area contributed by atoms with Crippen LogP contribution in [-0.2, 0) is 75.8 Å². The maximum absolute atomic E-state index is 12.0. The van der Waals surface area contributed by atoms with Gasteiger partial charge in [0.2, 0.25) is 23.6 Å². The van der Waals surface area contributed by atoms with Gasteiger partial charge in [-0.2, -0.15) is 10.2 Å². The van der Waals surface area contributed by atoms with Crippen molar-refractivity contribution >= 4 is 99.3 Å². The Morgan fingerprint density at radius 2 is 0.604 bits per heavy atom. The molecule has 8 aliphatic rings. The van der Waals surface area contributed by atoms with E-state index in [2.05, 4.69) is 231 Å². The van der Waals surface area contributed by atoms with Crippen molar-refractivity contribution in [2.24, 2.45) is 14.1 Å². The molecule has 0 saturated carbocycles. The number of aryl methyl sites for hydroxylation is 2. The number of rotatable bonds is 26. The maximum atomic E-state index is 12.0. The highest BCUT2D eigenvalue weighted by Crippen LogP contribution is 2.46. The molecule has 36 heteroatoms. The summed E-state index contributed by atoms with van der Waals surface area (Å²) in [6.45, 7) is 21.2. The van der Waals surface area contributed by atoms with Crippen molar-refractivity contribution in [3.63, 3.8) is 0 Å². The lowest BCUT2D eigenvalue weighted by molar-refractivity contribution is -0.115. The minimum Gasteiger partial charge on any atom is -0.486 e. The molecule has 0 radical (unpaired) electrons. The molecule has 772 valence electrons. The van der Waals surface area contributed by atoms with Crippen LogP contribution in [-0.4, -0.2) is 184 Å². The number of ether oxygens (including phenoxy) is 6. The number of hydrogen-bond acceptors (Lipinski definition) is 29. The number of aromatic nitrogens is 10. The molecule has 23 rings (SSSR count). The lowest BCUT2D eigenvalue weighted by Crippen LogP contribution is -2.23. The third kappa shape index (κ3) is 26.9. The topological polar surface area (TPSA) is 335 Å². The van der Waals surface area contributed by atoms with Crippen LogP contribution in [0, 0.1) is 0 Å². The number of amides is 4. The normalized spacial score (nSPS) is 17.9. The van der Waals surface area contributed by atoms with E-state index in [1.165, 1.54) is 154 Å². The number of benzene rings is 8. The lowest BCUT2D eigenvalue weighted by atomic mass is 10.0. The Morgan fingerprint density at radius 1 is 0.322 bits per heavy atom. The summed E-state index contributed by atoms with van der Waals surface area (Å²) in [4.78, 5) is 87.9. The third-order valence-electron chi connectivity index (χ3n) is 27.5. The van der Waals surface area contributed by atoms with Gasteiger partial charge in [0.1, 0.15) is 44.5 Å². The molecule has 5 atom stereocenters. The van der Waals surface area contributed by atoms with E-state index in [0.29, 0.717) is 96.2 Å². The fourth-order valence-electron chi connectivity index (χ4n) is 20.2. The summed E-state index contributed by atoms with van der Waals surface area (Å²) in [5.41, 5.74) is 18.0. The zero-order chi connectivity index (χ0) is 103. The molecular weight excluding hydrogens is 1980 g/mol. The van der Waals surface area contributed by atoms with Crippen LogP contribution in [0.2, 0.25) is 0 Å². The summed E-state index contributed by atoms with van der Waals surface area (Å²) >= 11 is 6.13. The Balaban J connectivity index is 0.000000117. The third-order valence-corrected chi connectivity index (χ3v) is 33.1. The Morgan fingerprint density at radius 3 is 0.906 bits per heavy atom. The number of sulfone groups is 1.